The standard InChI is InChI=1S/C15H23NO2/c1-10-6-7-13(12(3)11(10)2)15(4,5)9-16-14(18)8-17/h6-7,17H,8-9H2,1-5H3,(H,16,18). The van der Waals surface area contributed by atoms with Crippen LogP contribution < -0.4 is 5.32 Å². The molecule has 0 aliphatic heterocycles. The third-order valence-corrected chi connectivity index (χ3v) is 3.66. The molecule has 3 nitrogen and oxygen atoms in total. The Balaban J connectivity index is 2.98. The lowest BCUT2D eigenvalue weighted by atomic mass is 9.80. The fraction of sp³-hybridized carbons (Fsp3) is 0.533. The van der Waals surface area contributed by atoms with Crippen molar-refractivity contribution in [2.45, 2.75) is 40.0 Å². The quantitative estimate of drug-likeness (QED) is 0.857. The molecule has 1 aromatic carbocycles. The normalized spacial score (nSPS) is 11.4. The molecule has 0 radical (unpaired) electrons. The van der Waals surface area contributed by atoms with E-state index in [4.69, 9.17) is 5.11 Å². The zero-order valence-corrected chi connectivity index (χ0v) is 11.9. The van der Waals surface area contributed by atoms with Gasteiger partial charge in [-0.2, -0.15) is 0 Å². The Morgan fingerprint density at radius 3 is 2.39 bits per heavy atom. The molecule has 0 aliphatic rings. The summed E-state index contributed by atoms with van der Waals surface area (Å²) in [5.41, 5.74) is 4.95. The van der Waals surface area contributed by atoms with E-state index in [0.717, 1.165) is 0 Å². The summed E-state index contributed by atoms with van der Waals surface area (Å²) in [5, 5.41) is 11.5. The highest BCUT2D eigenvalue weighted by molar-refractivity contribution is 5.77. The van der Waals surface area contributed by atoms with E-state index in [0.29, 0.717) is 6.54 Å². The van der Waals surface area contributed by atoms with Gasteiger partial charge in [0.05, 0.1) is 0 Å². The van der Waals surface area contributed by atoms with Gasteiger partial charge in [0.1, 0.15) is 6.61 Å². The molecule has 1 rings (SSSR count). The van der Waals surface area contributed by atoms with Crippen molar-refractivity contribution in [3.05, 3.63) is 34.4 Å². The number of nitrogens with one attached hydrogen (secondary N) is 1. The number of carbonyl (C=O) groups excluding carboxylic acids is 1. The van der Waals surface area contributed by atoms with Gasteiger partial charge in [0.15, 0.2) is 0 Å². The molecule has 0 unspecified atom stereocenters. The molecule has 0 heterocycles. The number of hydrogen-bond acceptors (Lipinski definition) is 2. The number of rotatable bonds is 4. The smallest absolute Gasteiger partial charge is 0.245 e. The molecular formula is C15H23NO2. The van der Waals surface area contributed by atoms with Gasteiger partial charge in [-0.1, -0.05) is 26.0 Å². The van der Waals surface area contributed by atoms with Crippen molar-refractivity contribution in [2.75, 3.05) is 13.2 Å². The maximum absolute atomic E-state index is 11.1. The zero-order chi connectivity index (χ0) is 13.9. The highest BCUT2D eigenvalue weighted by Crippen LogP contribution is 2.28. The van der Waals surface area contributed by atoms with Crippen LogP contribution >= 0.6 is 0 Å². The van der Waals surface area contributed by atoms with Gasteiger partial charge in [0.25, 0.3) is 0 Å². The third-order valence-electron chi connectivity index (χ3n) is 3.66. The molecule has 3 heteroatoms. The number of benzene rings is 1. The number of aliphatic hydroxyl groups is 1. The molecule has 1 amide bonds. The highest BCUT2D eigenvalue weighted by Gasteiger charge is 2.24. The van der Waals surface area contributed by atoms with Gasteiger partial charge in [-0.3, -0.25) is 4.79 Å². The van der Waals surface area contributed by atoms with Gasteiger partial charge in [-0.15, -0.1) is 0 Å². The summed E-state index contributed by atoms with van der Waals surface area (Å²) in [5.74, 6) is -0.329. The molecule has 0 atom stereocenters. The molecule has 0 saturated heterocycles. The van der Waals surface area contributed by atoms with E-state index >= 15 is 0 Å². The Bertz CT molecular complexity index is 450. The van der Waals surface area contributed by atoms with E-state index in [1.807, 2.05) is 0 Å². The van der Waals surface area contributed by atoms with Crippen molar-refractivity contribution in [3.63, 3.8) is 0 Å². The molecule has 0 bridgehead atoms. The molecule has 1 aromatic rings. The van der Waals surface area contributed by atoms with Crippen LogP contribution in [0.3, 0.4) is 0 Å². The van der Waals surface area contributed by atoms with Crippen LogP contribution in [0.4, 0.5) is 0 Å². The van der Waals surface area contributed by atoms with Gasteiger partial charge in [0.2, 0.25) is 5.91 Å². The van der Waals surface area contributed by atoms with Crippen molar-refractivity contribution in [1.29, 1.82) is 0 Å². The van der Waals surface area contributed by atoms with E-state index in [1.165, 1.54) is 22.3 Å². The summed E-state index contributed by atoms with van der Waals surface area (Å²) in [6, 6.07) is 4.25. The molecule has 0 aromatic heterocycles. The van der Waals surface area contributed by atoms with Crippen LogP contribution in [0.1, 0.15) is 36.1 Å². The monoisotopic (exact) mass is 249 g/mol. The second kappa shape index (κ2) is 5.53. The van der Waals surface area contributed by atoms with Crippen molar-refractivity contribution in [1.82, 2.24) is 5.32 Å². The average molecular weight is 249 g/mol. The minimum Gasteiger partial charge on any atom is -0.387 e. The van der Waals surface area contributed by atoms with Crippen molar-refractivity contribution < 1.29 is 9.90 Å². The first-order chi connectivity index (χ1) is 8.29. The summed E-state index contributed by atoms with van der Waals surface area (Å²) in [6.07, 6.45) is 0. The van der Waals surface area contributed by atoms with Gasteiger partial charge >= 0.3 is 0 Å². The molecular weight excluding hydrogens is 226 g/mol. The van der Waals surface area contributed by atoms with Gasteiger partial charge in [0, 0.05) is 12.0 Å². The SMILES string of the molecule is Cc1ccc(C(C)(C)CNC(=O)CO)c(C)c1C. The van der Waals surface area contributed by atoms with Gasteiger partial charge in [-0.05, 0) is 43.0 Å². The third kappa shape index (κ3) is 3.10. The topological polar surface area (TPSA) is 49.3 Å². The second-order valence-electron chi connectivity index (χ2n) is 5.50. The van der Waals surface area contributed by atoms with E-state index < -0.39 is 6.61 Å². The molecule has 2 N–H and O–H groups in total. The lowest BCUT2D eigenvalue weighted by molar-refractivity contribution is -0.124. The number of hydrogen-bond donors (Lipinski definition) is 2. The Morgan fingerprint density at radius 2 is 1.83 bits per heavy atom. The summed E-state index contributed by atoms with van der Waals surface area (Å²) >= 11 is 0. The largest absolute Gasteiger partial charge is 0.387 e. The van der Waals surface area contributed by atoms with Crippen molar-refractivity contribution >= 4 is 5.91 Å². The van der Waals surface area contributed by atoms with E-state index in [1.54, 1.807) is 0 Å². The number of aliphatic hydroxyl groups excluding tert-OH is 1. The minimum atomic E-state index is -0.456. The Labute approximate surface area is 109 Å². The maximum Gasteiger partial charge on any atom is 0.245 e. The first-order valence-corrected chi connectivity index (χ1v) is 6.24. The molecule has 0 aliphatic carbocycles. The Hall–Kier alpha value is -1.35. The van der Waals surface area contributed by atoms with Gasteiger partial charge in [-0.25, -0.2) is 0 Å². The fourth-order valence-corrected chi connectivity index (χ4v) is 2.16. The van der Waals surface area contributed by atoms with Gasteiger partial charge < -0.3 is 10.4 Å². The molecule has 0 spiro atoms. The Morgan fingerprint density at radius 1 is 1.22 bits per heavy atom. The fourth-order valence-electron chi connectivity index (χ4n) is 2.16. The van der Waals surface area contributed by atoms with Crippen LogP contribution in [-0.2, 0) is 10.2 Å². The summed E-state index contributed by atoms with van der Waals surface area (Å²) in [4.78, 5) is 11.1. The van der Waals surface area contributed by atoms with E-state index in [-0.39, 0.29) is 11.3 Å². The van der Waals surface area contributed by atoms with Crippen LogP contribution in [0, 0.1) is 20.8 Å². The average Bonchev–Trinajstić information content (AvgIpc) is 2.32. The van der Waals surface area contributed by atoms with Crippen molar-refractivity contribution in [2.24, 2.45) is 0 Å². The number of aryl methyl sites for hydroxylation is 1. The summed E-state index contributed by atoms with van der Waals surface area (Å²) in [6.45, 7) is 10.6. The second-order valence-corrected chi connectivity index (χ2v) is 5.50. The summed E-state index contributed by atoms with van der Waals surface area (Å²) < 4.78 is 0. The maximum atomic E-state index is 11.1. The van der Waals surface area contributed by atoms with Crippen LogP contribution in [0.5, 0.6) is 0 Å². The van der Waals surface area contributed by atoms with Crippen LogP contribution in [0.2, 0.25) is 0 Å². The van der Waals surface area contributed by atoms with E-state index in [2.05, 4.69) is 52.1 Å². The van der Waals surface area contributed by atoms with Crippen LogP contribution in [0.25, 0.3) is 0 Å². The van der Waals surface area contributed by atoms with Crippen LogP contribution in [-0.4, -0.2) is 24.2 Å². The predicted octanol–water partition coefficient (Wildman–Crippen LogP) is 2.00. The first kappa shape index (κ1) is 14.7. The molecule has 100 valence electrons. The molecule has 0 saturated carbocycles. The zero-order valence-electron chi connectivity index (χ0n) is 11.9. The number of carbonyl (C=O) groups is 1. The van der Waals surface area contributed by atoms with Crippen molar-refractivity contribution in [3.8, 4) is 0 Å². The minimum absolute atomic E-state index is 0.145. The highest BCUT2D eigenvalue weighted by atomic mass is 16.3. The lowest BCUT2D eigenvalue weighted by Crippen LogP contribution is -2.38. The predicted molar refractivity (Wildman–Crippen MR) is 73.8 cm³/mol. The van der Waals surface area contributed by atoms with Crippen LogP contribution in [0.15, 0.2) is 12.1 Å². The Kier molecular flexibility index (Phi) is 4.52. The lowest BCUT2D eigenvalue weighted by Gasteiger charge is -2.28. The van der Waals surface area contributed by atoms with E-state index in [9.17, 15) is 4.79 Å². The summed E-state index contributed by atoms with van der Waals surface area (Å²) in [7, 11) is 0. The first-order valence-electron chi connectivity index (χ1n) is 6.24. The molecule has 0 fully saturated rings. The molecule has 18 heavy (non-hydrogen) atoms. The number of amides is 1.